The van der Waals surface area contributed by atoms with Crippen molar-refractivity contribution in [3.63, 3.8) is 0 Å². The lowest BCUT2D eigenvalue weighted by Gasteiger charge is -2.17. The molecule has 3 N–H and O–H groups in total. The molecule has 1 aliphatic rings. The van der Waals surface area contributed by atoms with Gasteiger partial charge in [-0.05, 0) is 32.1 Å². The maximum absolute atomic E-state index is 6.11. The van der Waals surface area contributed by atoms with Gasteiger partial charge < -0.3 is 16.0 Å². The number of likely N-dealkylation sites (N-methyl/N-ethyl adjacent to an activating group) is 1. The third kappa shape index (κ3) is 2.54. The highest BCUT2D eigenvalue weighted by molar-refractivity contribution is 6.39. The van der Waals surface area contributed by atoms with Crippen LogP contribution in [0.25, 0.3) is 0 Å². The summed E-state index contributed by atoms with van der Waals surface area (Å²) in [5.41, 5.74) is 7.03. The SMILES string of the molecule is CN1CCC(Nc2c(Cl)cc(N)cc2Cl)C1. The molecule has 1 fully saturated rings. The molecular weight excluding hydrogens is 245 g/mol. The Labute approximate surface area is 106 Å². The summed E-state index contributed by atoms with van der Waals surface area (Å²) >= 11 is 12.2. The van der Waals surface area contributed by atoms with E-state index in [2.05, 4.69) is 17.3 Å². The van der Waals surface area contributed by atoms with Crippen LogP contribution in [0.15, 0.2) is 12.1 Å². The fourth-order valence-corrected chi connectivity index (χ4v) is 2.60. The van der Waals surface area contributed by atoms with Crippen LogP contribution in [0.5, 0.6) is 0 Å². The number of nitrogens with zero attached hydrogens (tertiary/aromatic N) is 1. The molecule has 0 saturated carbocycles. The van der Waals surface area contributed by atoms with Gasteiger partial charge in [0.15, 0.2) is 0 Å². The molecule has 0 bridgehead atoms. The normalized spacial score (nSPS) is 21.3. The van der Waals surface area contributed by atoms with E-state index in [4.69, 9.17) is 28.9 Å². The number of anilines is 2. The molecule has 1 saturated heterocycles. The van der Waals surface area contributed by atoms with Gasteiger partial charge in [0.1, 0.15) is 0 Å². The van der Waals surface area contributed by atoms with Crippen LogP contribution in [0.4, 0.5) is 11.4 Å². The van der Waals surface area contributed by atoms with Crippen LogP contribution in [0.3, 0.4) is 0 Å². The Kier molecular flexibility index (Phi) is 3.47. The van der Waals surface area contributed by atoms with E-state index in [1.807, 2.05) is 0 Å². The Morgan fingerprint density at radius 2 is 2.00 bits per heavy atom. The van der Waals surface area contributed by atoms with E-state index in [0.717, 1.165) is 25.2 Å². The summed E-state index contributed by atoms with van der Waals surface area (Å²) in [6, 6.07) is 3.84. The van der Waals surface area contributed by atoms with Gasteiger partial charge in [-0.25, -0.2) is 0 Å². The number of nitrogen functional groups attached to an aromatic ring is 1. The average molecular weight is 260 g/mol. The molecule has 5 heteroatoms. The van der Waals surface area contributed by atoms with Crippen molar-refractivity contribution >= 4 is 34.6 Å². The molecular formula is C11H15Cl2N3. The van der Waals surface area contributed by atoms with Crippen LogP contribution in [0, 0.1) is 0 Å². The maximum Gasteiger partial charge on any atom is 0.0723 e. The number of hydrogen-bond acceptors (Lipinski definition) is 3. The van der Waals surface area contributed by atoms with Gasteiger partial charge in [0.2, 0.25) is 0 Å². The van der Waals surface area contributed by atoms with E-state index in [1.54, 1.807) is 12.1 Å². The largest absolute Gasteiger partial charge is 0.399 e. The quantitative estimate of drug-likeness (QED) is 0.803. The van der Waals surface area contributed by atoms with Gasteiger partial charge >= 0.3 is 0 Å². The van der Waals surface area contributed by atoms with Crippen LogP contribution in [-0.4, -0.2) is 31.1 Å². The average Bonchev–Trinajstić information content (AvgIpc) is 2.58. The summed E-state index contributed by atoms with van der Waals surface area (Å²) in [6.07, 6.45) is 1.10. The van der Waals surface area contributed by atoms with E-state index < -0.39 is 0 Å². The fourth-order valence-electron chi connectivity index (χ4n) is 1.99. The molecule has 1 aromatic carbocycles. The van der Waals surface area contributed by atoms with Crippen molar-refractivity contribution in [2.24, 2.45) is 0 Å². The molecule has 88 valence electrons. The van der Waals surface area contributed by atoms with Gasteiger partial charge in [-0.1, -0.05) is 23.2 Å². The van der Waals surface area contributed by atoms with Gasteiger partial charge in [0.25, 0.3) is 0 Å². The molecule has 0 aliphatic carbocycles. The Balaban J connectivity index is 2.15. The number of nitrogens with two attached hydrogens (primary N) is 1. The monoisotopic (exact) mass is 259 g/mol. The van der Waals surface area contributed by atoms with Crippen molar-refractivity contribution in [2.45, 2.75) is 12.5 Å². The highest BCUT2D eigenvalue weighted by Gasteiger charge is 2.20. The molecule has 16 heavy (non-hydrogen) atoms. The van der Waals surface area contributed by atoms with Gasteiger partial charge in [-0.3, -0.25) is 0 Å². The first-order valence-corrected chi connectivity index (χ1v) is 6.01. The van der Waals surface area contributed by atoms with E-state index >= 15 is 0 Å². The molecule has 1 unspecified atom stereocenters. The second kappa shape index (κ2) is 4.70. The number of hydrogen-bond donors (Lipinski definition) is 2. The summed E-state index contributed by atoms with van der Waals surface area (Å²) in [4.78, 5) is 2.27. The Morgan fingerprint density at radius 3 is 2.50 bits per heavy atom. The molecule has 1 aliphatic heterocycles. The minimum absolute atomic E-state index is 0.406. The minimum atomic E-state index is 0.406. The molecule has 1 heterocycles. The Morgan fingerprint density at radius 1 is 1.38 bits per heavy atom. The van der Waals surface area contributed by atoms with Gasteiger partial charge in [0.05, 0.1) is 15.7 Å². The molecule has 1 atom stereocenters. The number of halogens is 2. The lowest BCUT2D eigenvalue weighted by Crippen LogP contribution is -2.23. The Hall–Kier alpha value is -0.640. The Bertz CT molecular complexity index is 372. The van der Waals surface area contributed by atoms with Crippen molar-refractivity contribution in [3.8, 4) is 0 Å². The second-order valence-electron chi connectivity index (χ2n) is 4.25. The summed E-state index contributed by atoms with van der Waals surface area (Å²) in [5, 5.41) is 4.54. The lowest BCUT2D eigenvalue weighted by atomic mass is 10.2. The zero-order chi connectivity index (χ0) is 11.7. The number of benzene rings is 1. The van der Waals surface area contributed by atoms with Gasteiger partial charge in [-0.2, -0.15) is 0 Å². The molecule has 1 aromatic rings. The molecule has 0 radical (unpaired) electrons. The van der Waals surface area contributed by atoms with Gasteiger partial charge in [0, 0.05) is 18.3 Å². The van der Waals surface area contributed by atoms with Crippen LogP contribution < -0.4 is 11.1 Å². The molecule has 2 rings (SSSR count). The van der Waals surface area contributed by atoms with E-state index in [1.165, 1.54) is 0 Å². The third-order valence-corrected chi connectivity index (χ3v) is 3.40. The summed E-state index contributed by atoms with van der Waals surface area (Å²) in [7, 11) is 2.11. The molecule has 0 amide bonds. The van der Waals surface area contributed by atoms with Crippen LogP contribution >= 0.6 is 23.2 Å². The van der Waals surface area contributed by atoms with Crippen LogP contribution in [0.1, 0.15) is 6.42 Å². The summed E-state index contributed by atoms with van der Waals surface area (Å²) < 4.78 is 0. The van der Waals surface area contributed by atoms with Crippen LogP contribution in [-0.2, 0) is 0 Å². The predicted octanol–water partition coefficient (Wildman–Crippen LogP) is 2.69. The van der Waals surface area contributed by atoms with Crippen LogP contribution in [0.2, 0.25) is 10.0 Å². The topological polar surface area (TPSA) is 41.3 Å². The van der Waals surface area contributed by atoms with Crippen molar-refractivity contribution in [2.75, 3.05) is 31.2 Å². The standard InChI is InChI=1S/C11H15Cl2N3/c1-16-3-2-8(6-16)15-11-9(12)4-7(14)5-10(11)13/h4-5,8,15H,2-3,6,14H2,1H3. The number of rotatable bonds is 2. The fraction of sp³-hybridized carbons (Fsp3) is 0.455. The maximum atomic E-state index is 6.11. The first-order chi connectivity index (χ1) is 7.56. The highest BCUT2D eigenvalue weighted by atomic mass is 35.5. The third-order valence-electron chi connectivity index (χ3n) is 2.80. The first-order valence-electron chi connectivity index (χ1n) is 5.26. The van der Waals surface area contributed by atoms with Crippen molar-refractivity contribution in [1.29, 1.82) is 0 Å². The van der Waals surface area contributed by atoms with E-state index in [0.29, 0.717) is 21.8 Å². The zero-order valence-electron chi connectivity index (χ0n) is 9.13. The van der Waals surface area contributed by atoms with E-state index in [-0.39, 0.29) is 0 Å². The zero-order valence-corrected chi connectivity index (χ0v) is 10.6. The highest BCUT2D eigenvalue weighted by Crippen LogP contribution is 2.33. The number of nitrogens with one attached hydrogen (secondary N) is 1. The van der Waals surface area contributed by atoms with Crippen molar-refractivity contribution < 1.29 is 0 Å². The minimum Gasteiger partial charge on any atom is -0.399 e. The van der Waals surface area contributed by atoms with Crippen molar-refractivity contribution in [3.05, 3.63) is 22.2 Å². The molecule has 0 aromatic heterocycles. The molecule has 0 spiro atoms. The van der Waals surface area contributed by atoms with E-state index in [9.17, 15) is 0 Å². The van der Waals surface area contributed by atoms with Crippen molar-refractivity contribution in [1.82, 2.24) is 4.90 Å². The second-order valence-corrected chi connectivity index (χ2v) is 5.07. The predicted molar refractivity (Wildman–Crippen MR) is 70.4 cm³/mol. The lowest BCUT2D eigenvalue weighted by molar-refractivity contribution is 0.414. The molecule has 3 nitrogen and oxygen atoms in total. The van der Waals surface area contributed by atoms with Gasteiger partial charge in [-0.15, -0.1) is 0 Å². The first kappa shape index (κ1) is 11.8. The summed E-state index contributed by atoms with van der Waals surface area (Å²) in [6.45, 7) is 2.11. The number of likely N-dealkylation sites (tertiary alicyclic amines) is 1. The smallest absolute Gasteiger partial charge is 0.0723 e. The summed E-state index contributed by atoms with van der Waals surface area (Å²) in [5.74, 6) is 0.